The highest BCUT2D eigenvalue weighted by Gasteiger charge is 2.10. The van der Waals surface area contributed by atoms with Gasteiger partial charge >= 0.3 is 0 Å². The molecule has 2 aromatic rings. The summed E-state index contributed by atoms with van der Waals surface area (Å²) < 4.78 is 5.42. The van der Waals surface area contributed by atoms with E-state index in [1.807, 2.05) is 25.1 Å². The number of para-hydroxylation sites is 1. The molecule has 1 aromatic carbocycles. The van der Waals surface area contributed by atoms with Crippen LogP contribution in [0.4, 0.5) is 5.82 Å². The molecule has 0 bridgehead atoms. The lowest BCUT2D eigenvalue weighted by Gasteiger charge is -2.21. The van der Waals surface area contributed by atoms with Crippen LogP contribution >= 0.6 is 0 Å². The Balaban J connectivity index is 2.30. The van der Waals surface area contributed by atoms with E-state index in [4.69, 9.17) is 15.5 Å². The topological polar surface area (TPSA) is 51.4 Å². The van der Waals surface area contributed by atoms with Crippen LogP contribution in [-0.4, -0.2) is 38.3 Å². The highest BCUT2D eigenvalue weighted by Crippen LogP contribution is 2.23. The van der Waals surface area contributed by atoms with Crippen LogP contribution in [0.2, 0.25) is 0 Å². The highest BCUT2D eigenvalue weighted by atomic mass is 16.5. The summed E-state index contributed by atoms with van der Waals surface area (Å²) >= 11 is 0. The first-order valence-corrected chi connectivity index (χ1v) is 7.14. The maximum atomic E-state index is 5.72. The third-order valence-electron chi connectivity index (χ3n) is 3.33. The number of pyridine rings is 1. The van der Waals surface area contributed by atoms with Gasteiger partial charge in [0.25, 0.3) is 0 Å². The minimum Gasteiger partial charge on any atom is -0.380 e. The van der Waals surface area contributed by atoms with E-state index in [1.54, 1.807) is 0 Å². The smallest absolute Gasteiger partial charge is 0.132 e. The summed E-state index contributed by atoms with van der Waals surface area (Å²) in [6.07, 6.45) is 0.839. The average Bonchev–Trinajstić information content (AvgIpc) is 2.47. The normalized spacial score (nSPS) is 10.9. The number of hydrogen-bond donors (Lipinski definition) is 1. The summed E-state index contributed by atoms with van der Waals surface area (Å²) in [7, 11) is 2.05. The second kappa shape index (κ2) is 7.22. The molecule has 4 nitrogen and oxygen atoms in total. The second-order valence-electron chi connectivity index (χ2n) is 4.82. The monoisotopic (exact) mass is 273 g/mol. The van der Waals surface area contributed by atoms with Gasteiger partial charge in [-0.25, -0.2) is 4.98 Å². The molecule has 2 rings (SSSR count). The number of likely N-dealkylation sites (N-methyl/N-ethyl adjacent to an activating group) is 1. The lowest BCUT2D eigenvalue weighted by Crippen LogP contribution is -2.25. The largest absolute Gasteiger partial charge is 0.380 e. The van der Waals surface area contributed by atoms with Crippen LogP contribution < -0.4 is 10.6 Å². The third kappa shape index (κ3) is 3.46. The van der Waals surface area contributed by atoms with Crippen molar-refractivity contribution in [2.75, 3.05) is 38.3 Å². The third-order valence-corrected chi connectivity index (χ3v) is 3.33. The number of nitrogens with zero attached hydrogens (tertiary/aromatic N) is 2. The molecule has 20 heavy (non-hydrogen) atoms. The van der Waals surface area contributed by atoms with Gasteiger partial charge < -0.3 is 15.4 Å². The van der Waals surface area contributed by atoms with Gasteiger partial charge in [0.15, 0.2) is 0 Å². The van der Waals surface area contributed by atoms with Crippen molar-refractivity contribution in [1.82, 2.24) is 4.98 Å². The summed E-state index contributed by atoms with van der Waals surface area (Å²) in [5.74, 6) is 1.01. The molecule has 108 valence electrons. The number of hydrogen-bond acceptors (Lipinski definition) is 4. The molecule has 0 aliphatic rings. The van der Waals surface area contributed by atoms with Crippen LogP contribution in [0.3, 0.4) is 0 Å². The minimum atomic E-state index is 0.631. The molecule has 0 saturated carbocycles. The second-order valence-corrected chi connectivity index (χ2v) is 4.82. The van der Waals surface area contributed by atoms with E-state index in [-0.39, 0.29) is 0 Å². The molecular formula is C16H23N3O. The molecule has 0 atom stereocenters. The van der Waals surface area contributed by atoms with Gasteiger partial charge in [-0.2, -0.15) is 0 Å². The van der Waals surface area contributed by atoms with Crippen molar-refractivity contribution in [3.05, 3.63) is 35.9 Å². The van der Waals surface area contributed by atoms with Gasteiger partial charge in [-0.3, -0.25) is 0 Å². The molecule has 0 amide bonds. The van der Waals surface area contributed by atoms with Gasteiger partial charge in [0.05, 0.1) is 12.1 Å². The number of anilines is 1. The van der Waals surface area contributed by atoms with Crippen molar-refractivity contribution in [3.63, 3.8) is 0 Å². The molecule has 1 aromatic heterocycles. The summed E-state index contributed by atoms with van der Waals surface area (Å²) in [4.78, 5) is 6.93. The van der Waals surface area contributed by atoms with Gasteiger partial charge in [-0.15, -0.1) is 0 Å². The molecule has 0 radical (unpaired) electrons. The predicted octanol–water partition coefficient (Wildman–Crippen LogP) is 2.21. The Morgan fingerprint density at radius 2 is 2.10 bits per heavy atom. The van der Waals surface area contributed by atoms with Crippen molar-refractivity contribution in [3.8, 4) is 0 Å². The van der Waals surface area contributed by atoms with Crippen molar-refractivity contribution >= 4 is 16.7 Å². The molecule has 0 unspecified atom stereocenters. The number of aromatic nitrogens is 1. The number of nitrogens with two attached hydrogens (primary N) is 1. The molecule has 0 saturated heterocycles. The van der Waals surface area contributed by atoms with Crippen LogP contribution in [0.1, 0.15) is 12.5 Å². The van der Waals surface area contributed by atoms with Crippen molar-refractivity contribution in [2.24, 2.45) is 5.73 Å². The first-order chi connectivity index (χ1) is 9.76. The Hall–Kier alpha value is -1.65. The van der Waals surface area contributed by atoms with E-state index in [2.05, 4.69) is 24.1 Å². The van der Waals surface area contributed by atoms with Crippen LogP contribution in [0.15, 0.2) is 30.3 Å². The first kappa shape index (κ1) is 14.8. The Kier molecular flexibility index (Phi) is 5.32. The van der Waals surface area contributed by atoms with Gasteiger partial charge in [0.1, 0.15) is 5.82 Å². The van der Waals surface area contributed by atoms with Gasteiger partial charge in [0.2, 0.25) is 0 Å². The molecule has 0 spiro atoms. The minimum absolute atomic E-state index is 0.631. The molecule has 0 aliphatic heterocycles. The van der Waals surface area contributed by atoms with E-state index in [0.717, 1.165) is 36.3 Å². The zero-order chi connectivity index (χ0) is 14.4. The van der Waals surface area contributed by atoms with E-state index in [0.29, 0.717) is 13.2 Å². The quantitative estimate of drug-likeness (QED) is 0.786. The molecule has 0 fully saturated rings. The summed E-state index contributed by atoms with van der Waals surface area (Å²) in [5.41, 5.74) is 7.94. The fourth-order valence-corrected chi connectivity index (χ4v) is 2.27. The van der Waals surface area contributed by atoms with Crippen molar-refractivity contribution in [1.29, 1.82) is 0 Å². The van der Waals surface area contributed by atoms with Gasteiger partial charge in [-0.05, 0) is 37.6 Å². The molecule has 1 heterocycles. The van der Waals surface area contributed by atoms with E-state index in [9.17, 15) is 0 Å². The number of fused-ring (bicyclic) bond motifs is 1. The number of rotatable bonds is 7. The fraction of sp³-hybridized carbons (Fsp3) is 0.438. The average molecular weight is 273 g/mol. The maximum absolute atomic E-state index is 5.72. The standard InChI is InChI=1S/C16H23N3O/c1-3-20-11-10-19(2)16-14(8-9-17)12-13-6-4-5-7-15(13)18-16/h4-7,12H,3,8-11,17H2,1-2H3. The van der Waals surface area contributed by atoms with E-state index < -0.39 is 0 Å². The van der Waals surface area contributed by atoms with E-state index >= 15 is 0 Å². The van der Waals surface area contributed by atoms with Crippen LogP contribution in [0.5, 0.6) is 0 Å². The molecule has 4 heteroatoms. The Morgan fingerprint density at radius 3 is 2.85 bits per heavy atom. The Labute approximate surface area is 120 Å². The van der Waals surface area contributed by atoms with Crippen LogP contribution in [0, 0.1) is 0 Å². The van der Waals surface area contributed by atoms with Gasteiger partial charge in [0, 0.05) is 25.6 Å². The lowest BCUT2D eigenvalue weighted by atomic mass is 10.1. The maximum Gasteiger partial charge on any atom is 0.132 e. The van der Waals surface area contributed by atoms with Crippen LogP contribution in [0.25, 0.3) is 10.9 Å². The zero-order valence-corrected chi connectivity index (χ0v) is 12.3. The number of benzene rings is 1. The highest BCUT2D eigenvalue weighted by molar-refractivity contribution is 5.81. The molecular weight excluding hydrogens is 250 g/mol. The van der Waals surface area contributed by atoms with Crippen molar-refractivity contribution in [2.45, 2.75) is 13.3 Å². The SMILES string of the molecule is CCOCCN(C)c1nc2ccccc2cc1CCN. The zero-order valence-electron chi connectivity index (χ0n) is 12.3. The summed E-state index contributed by atoms with van der Waals surface area (Å²) in [6.45, 7) is 4.93. The Bertz CT molecular complexity index is 556. The number of ether oxygens (including phenoxy) is 1. The lowest BCUT2D eigenvalue weighted by molar-refractivity contribution is 0.154. The van der Waals surface area contributed by atoms with Gasteiger partial charge in [-0.1, -0.05) is 18.2 Å². The summed E-state index contributed by atoms with van der Waals surface area (Å²) in [6, 6.07) is 10.4. The molecule has 2 N–H and O–H groups in total. The Morgan fingerprint density at radius 1 is 1.30 bits per heavy atom. The summed E-state index contributed by atoms with van der Waals surface area (Å²) in [5, 5.41) is 1.16. The van der Waals surface area contributed by atoms with Crippen molar-refractivity contribution < 1.29 is 4.74 Å². The predicted molar refractivity (Wildman–Crippen MR) is 84.3 cm³/mol. The van der Waals surface area contributed by atoms with Crippen LogP contribution in [-0.2, 0) is 11.2 Å². The molecule has 0 aliphatic carbocycles. The fourth-order valence-electron chi connectivity index (χ4n) is 2.27. The first-order valence-electron chi connectivity index (χ1n) is 7.14. The van der Waals surface area contributed by atoms with E-state index in [1.165, 1.54) is 5.56 Å².